The molecule has 0 aliphatic carbocycles. The van der Waals surface area contributed by atoms with Gasteiger partial charge in [0.25, 0.3) is 0 Å². The van der Waals surface area contributed by atoms with E-state index < -0.39 is 10.0 Å². The van der Waals surface area contributed by atoms with Crippen molar-refractivity contribution < 1.29 is 8.42 Å². The maximum absolute atomic E-state index is 11.5. The van der Waals surface area contributed by atoms with Crippen molar-refractivity contribution in [3.63, 3.8) is 0 Å². The molecule has 1 heterocycles. The Hall–Kier alpha value is -2.09. The molecule has 1 aliphatic heterocycles. The third kappa shape index (κ3) is 2.74. The van der Waals surface area contributed by atoms with Crippen molar-refractivity contribution in [3.8, 4) is 12.1 Å². The molecule has 1 fully saturated rings. The molecule has 0 bridgehead atoms. The number of nitrogens with zero attached hydrogens (tertiary/aromatic N) is 4. The number of hydrogen-bond donors (Lipinski definition) is 0. The average molecular weight is 290 g/mol. The molecule has 0 N–H and O–H groups in total. The van der Waals surface area contributed by atoms with E-state index in [-0.39, 0.29) is 0 Å². The number of benzene rings is 1. The molecule has 0 atom stereocenters. The monoisotopic (exact) mass is 290 g/mol. The Kier molecular flexibility index (Phi) is 3.93. The van der Waals surface area contributed by atoms with Crippen LogP contribution in [0, 0.1) is 22.7 Å². The minimum Gasteiger partial charge on any atom is -0.367 e. The smallest absolute Gasteiger partial charge is 0.211 e. The summed E-state index contributed by atoms with van der Waals surface area (Å²) in [4.78, 5) is 1.90. The number of rotatable bonds is 2. The first-order valence-electron chi connectivity index (χ1n) is 6.10. The molecule has 0 saturated carbocycles. The number of nitriles is 2. The van der Waals surface area contributed by atoms with E-state index in [0.717, 1.165) is 0 Å². The van der Waals surface area contributed by atoms with Gasteiger partial charge in [-0.25, -0.2) is 8.42 Å². The molecule has 1 saturated heterocycles. The van der Waals surface area contributed by atoms with Gasteiger partial charge in [-0.15, -0.1) is 0 Å². The molecule has 0 unspecified atom stereocenters. The summed E-state index contributed by atoms with van der Waals surface area (Å²) in [6.07, 6.45) is 1.19. The van der Waals surface area contributed by atoms with E-state index in [1.54, 1.807) is 18.2 Å². The van der Waals surface area contributed by atoms with Gasteiger partial charge in [-0.3, -0.25) is 0 Å². The van der Waals surface area contributed by atoms with Gasteiger partial charge in [0.2, 0.25) is 10.0 Å². The number of hydrogen-bond acceptors (Lipinski definition) is 5. The fraction of sp³-hybridized carbons (Fsp3) is 0.385. The van der Waals surface area contributed by atoms with Crippen molar-refractivity contribution >= 4 is 15.7 Å². The average Bonchev–Trinajstić information content (AvgIpc) is 2.45. The first-order valence-corrected chi connectivity index (χ1v) is 7.95. The van der Waals surface area contributed by atoms with Crippen LogP contribution in [0.1, 0.15) is 11.1 Å². The van der Waals surface area contributed by atoms with E-state index in [1.807, 2.05) is 4.90 Å². The predicted molar refractivity (Wildman–Crippen MR) is 74.5 cm³/mol. The van der Waals surface area contributed by atoms with Gasteiger partial charge in [0.05, 0.1) is 23.1 Å². The van der Waals surface area contributed by atoms with Crippen LogP contribution in [0.4, 0.5) is 5.69 Å². The highest BCUT2D eigenvalue weighted by molar-refractivity contribution is 7.88. The summed E-state index contributed by atoms with van der Waals surface area (Å²) in [5.74, 6) is 0. The Labute approximate surface area is 118 Å². The van der Waals surface area contributed by atoms with E-state index in [1.165, 1.54) is 10.6 Å². The van der Waals surface area contributed by atoms with Crippen molar-refractivity contribution in [1.29, 1.82) is 10.5 Å². The Bertz CT molecular complexity index is 660. The molecule has 0 amide bonds. The lowest BCUT2D eigenvalue weighted by Gasteiger charge is -2.35. The standard InChI is InChI=1S/C13H14N4O2S/c1-20(18,19)17-7-5-16(6-8-17)13-11(9-14)3-2-4-12(13)10-15/h2-4H,5-8H2,1H3. The van der Waals surface area contributed by atoms with Gasteiger partial charge in [-0.2, -0.15) is 14.8 Å². The highest BCUT2D eigenvalue weighted by Crippen LogP contribution is 2.26. The molecule has 2 rings (SSSR count). The second-order valence-electron chi connectivity index (χ2n) is 4.57. The van der Waals surface area contributed by atoms with Crippen LogP contribution in [0.3, 0.4) is 0 Å². The molecule has 20 heavy (non-hydrogen) atoms. The Morgan fingerprint density at radius 1 is 1.05 bits per heavy atom. The number of para-hydroxylation sites is 1. The van der Waals surface area contributed by atoms with Gasteiger partial charge < -0.3 is 4.90 Å². The molecule has 0 spiro atoms. The lowest BCUT2D eigenvalue weighted by Crippen LogP contribution is -2.48. The summed E-state index contributed by atoms with van der Waals surface area (Å²) >= 11 is 0. The van der Waals surface area contributed by atoms with Crippen LogP contribution in [0.2, 0.25) is 0 Å². The van der Waals surface area contributed by atoms with Gasteiger partial charge >= 0.3 is 0 Å². The molecule has 7 heteroatoms. The fourth-order valence-electron chi connectivity index (χ4n) is 2.31. The lowest BCUT2D eigenvalue weighted by molar-refractivity contribution is 0.388. The first kappa shape index (κ1) is 14.3. The van der Waals surface area contributed by atoms with Gasteiger partial charge in [-0.1, -0.05) is 6.07 Å². The van der Waals surface area contributed by atoms with E-state index in [4.69, 9.17) is 10.5 Å². The number of sulfonamides is 1. The van der Waals surface area contributed by atoms with Gasteiger partial charge in [0, 0.05) is 26.2 Å². The van der Waals surface area contributed by atoms with Gasteiger partial charge in [0.15, 0.2) is 0 Å². The molecular formula is C13H14N4O2S. The van der Waals surface area contributed by atoms with Crippen LogP contribution in [0.15, 0.2) is 18.2 Å². The minimum atomic E-state index is -3.19. The Morgan fingerprint density at radius 2 is 1.55 bits per heavy atom. The summed E-state index contributed by atoms with van der Waals surface area (Å²) in [7, 11) is -3.19. The summed E-state index contributed by atoms with van der Waals surface area (Å²) in [6, 6.07) is 9.17. The maximum atomic E-state index is 11.5. The third-order valence-corrected chi connectivity index (χ3v) is 4.60. The van der Waals surface area contributed by atoms with Crippen molar-refractivity contribution in [1.82, 2.24) is 4.31 Å². The van der Waals surface area contributed by atoms with Crippen LogP contribution in [0.25, 0.3) is 0 Å². The van der Waals surface area contributed by atoms with Crippen molar-refractivity contribution in [2.75, 3.05) is 37.3 Å². The highest BCUT2D eigenvalue weighted by atomic mass is 32.2. The molecule has 104 valence electrons. The van der Waals surface area contributed by atoms with Gasteiger partial charge in [-0.05, 0) is 12.1 Å². The molecule has 0 aromatic heterocycles. The molecule has 1 aromatic rings. The SMILES string of the molecule is CS(=O)(=O)N1CCN(c2c(C#N)cccc2C#N)CC1. The molecule has 1 aromatic carbocycles. The Morgan fingerprint density at radius 3 is 1.95 bits per heavy atom. The van der Waals surface area contributed by atoms with Crippen LogP contribution in [-0.4, -0.2) is 45.2 Å². The largest absolute Gasteiger partial charge is 0.367 e. The molecule has 6 nitrogen and oxygen atoms in total. The van der Waals surface area contributed by atoms with Crippen molar-refractivity contribution in [2.24, 2.45) is 0 Å². The quantitative estimate of drug-likeness (QED) is 0.792. The van der Waals surface area contributed by atoms with Crippen LogP contribution in [-0.2, 0) is 10.0 Å². The van der Waals surface area contributed by atoms with E-state index in [0.29, 0.717) is 43.0 Å². The molecule has 0 radical (unpaired) electrons. The van der Waals surface area contributed by atoms with E-state index in [2.05, 4.69) is 12.1 Å². The highest BCUT2D eigenvalue weighted by Gasteiger charge is 2.25. The maximum Gasteiger partial charge on any atom is 0.211 e. The zero-order valence-corrected chi connectivity index (χ0v) is 11.9. The molecule has 1 aliphatic rings. The zero-order valence-electron chi connectivity index (χ0n) is 11.1. The Balaban J connectivity index is 2.28. The summed E-state index contributed by atoms with van der Waals surface area (Å²) in [5, 5.41) is 18.3. The van der Waals surface area contributed by atoms with E-state index >= 15 is 0 Å². The summed E-state index contributed by atoms with van der Waals surface area (Å²) in [5.41, 5.74) is 1.49. The van der Waals surface area contributed by atoms with Crippen molar-refractivity contribution in [3.05, 3.63) is 29.3 Å². The number of piperazine rings is 1. The first-order chi connectivity index (χ1) is 9.47. The predicted octanol–water partition coefficient (Wildman–Crippen LogP) is 0.512. The van der Waals surface area contributed by atoms with Crippen LogP contribution < -0.4 is 4.90 Å². The van der Waals surface area contributed by atoms with Crippen molar-refractivity contribution in [2.45, 2.75) is 0 Å². The lowest BCUT2D eigenvalue weighted by atomic mass is 10.1. The zero-order chi connectivity index (χ0) is 14.8. The minimum absolute atomic E-state index is 0.365. The summed E-state index contributed by atoms with van der Waals surface area (Å²) < 4.78 is 24.4. The third-order valence-electron chi connectivity index (χ3n) is 3.30. The second kappa shape index (κ2) is 5.49. The normalized spacial score (nSPS) is 16.4. The fourth-order valence-corrected chi connectivity index (χ4v) is 3.13. The summed E-state index contributed by atoms with van der Waals surface area (Å²) in [6.45, 7) is 1.67. The topological polar surface area (TPSA) is 88.2 Å². The number of anilines is 1. The van der Waals surface area contributed by atoms with Crippen LogP contribution >= 0.6 is 0 Å². The van der Waals surface area contributed by atoms with Gasteiger partial charge in [0.1, 0.15) is 12.1 Å². The second-order valence-corrected chi connectivity index (χ2v) is 6.56. The van der Waals surface area contributed by atoms with E-state index in [9.17, 15) is 8.42 Å². The molecular weight excluding hydrogens is 276 g/mol. The van der Waals surface area contributed by atoms with Crippen LogP contribution in [0.5, 0.6) is 0 Å².